The monoisotopic (exact) mass is 389 g/mol. The highest BCUT2D eigenvalue weighted by Crippen LogP contribution is 2.37. The third kappa shape index (κ3) is 3.02. The van der Waals surface area contributed by atoms with Gasteiger partial charge in [-0.25, -0.2) is 9.48 Å². The highest BCUT2D eigenvalue weighted by atomic mass is 35.5. The van der Waals surface area contributed by atoms with Crippen LogP contribution in [-0.4, -0.2) is 28.6 Å². The lowest BCUT2D eigenvalue weighted by molar-refractivity contribution is -0.658. The summed E-state index contributed by atoms with van der Waals surface area (Å²) in [6.07, 6.45) is 4.37. The maximum Gasteiger partial charge on any atom is 0.271 e. The first kappa shape index (κ1) is 17.8. The zero-order valence-corrected chi connectivity index (χ0v) is 16.4. The molecule has 1 N–H and O–H groups in total. The summed E-state index contributed by atoms with van der Waals surface area (Å²) in [6.45, 7) is 3.43. The van der Waals surface area contributed by atoms with E-state index in [9.17, 15) is 5.11 Å². The van der Waals surface area contributed by atoms with Crippen molar-refractivity contribution in [2.24, 2.45) is 0 Å². The Kier molecular flexibility index (Phi) is 4.72. The predicted octanol–water partition coefficient (Wildman–Crippen LogP) is 4.95. The van der Waals surface area contributed by atoms with Crippen LogP contribution < -0.4 is 4.90 Å². The van der Waals surface area contributed by atoms with Crippen LogP contribution in [0.15, 0.2) is 42.5 Å². The molecule has 0 amide bonds. The van der Waals surface area contributed by atoms with Crippen LogP contribution in [0.5, 0.6) is 0 Å². The molecular formula is C21H23Cl2N2O+. The molecule has 26 heavy (non-hydrogen) atoms. The number of amidine groups is 1. The fraction of sp³-hybridized carbons (Fsp3) is 0.381. The van der Waals surface area contributed by atoms with Gasteiger partial charge < -0.3 is 5.11 Å². The molecule has 2 aliphatic rings. The third-order valence-corrected chi connectivity index (χ3v) is 6.16. The number of benzene rings is 2. The predicted molar refractivity (Wildman–Crippen MR) is 107 cm³/mol. The number of rotatable bonds is 2. The standard InChI is InChI=1S/C21H23Cl2N2O/c1-15-6-5-7-17(12-15)24-14-21(26,16-9-10-18(22)19(23)13-16)25-11-4-2-3-8-20(24)25/h5-7,9-10,12-13,26H,2-4,8,11,14H2,1H3/q+1/t21-/m1/s1. The number of anilines is 1. The van der Waals surface area contributed by atoms with Crippen molar-refractivity contribution >= 4 is 34.7 Å². The van der Waals surface area contributed by atoms with E-state index in [-0.39, 0.29) is 0 Å². The summed E-state index contributed by atoms with van der Waals surface area (Å²) < 4.78 is 2.17. The Morgan fingerprint density at radius 1 is 1.04 bits per heavy atom. The van der Waals surface area contributed by atoms with Crippen molar-refractivity contribution in [1.29, 1.82) is 0 Å². The Labute approximate surface area is 164 Å². The van der Waals surface area contributed by atoms with Gasteiger partial charge in [-0.2, -0.15) is 0 Å². The molecule has 0 aliphatic carbocycles. The minimum Gasteiger partial charge on any atom is -0.346 e. The fourth-order valence-corrected chi connectivity index (χ4v) is 4.40. The number of β-amino-alcohol motifs (C(OH)–C–C–N with tert-alkyl or cyclic N) is 1. The van der Waals surface area contributed by atoms with E-state index < -0.39 is 5.72 Å². The summed E-state index contributed by atoms with van der Waals surface area (Å²) in [5.41, 5.74) is 2.04. The van der Waals surface area contributed by atoms with Gasteiger partial charge in [-0.1, -0.05) is 41.4 Å². The van der Waals surface area contributed by atoms with Crippen molar-refractivity contribution in [2.45, 2.75) is 38.3 Å². The highest BCUT2D eigenvalue weighted by Gasteiger charge is 2.52. The summed E-state index contributed by atoms with van der Waals surface area (Å²) >= 11 is 12.3. The van der Waals surface area contributed by atoms with E-state index in [4.69, 9.17) is 23.2 Å². The van der Waals surface area contributed by atoms with Crippen molar-refractivity contribution in [3.63, 3.8) is 0 Å². The Bertz CT molecular complexity index is 880. The fourth-order valence-electron chi connectivity index (χ4n) is 4.10. The number of aryl methyl sites for hydroxylation is 1. The average molecular weight is 390 g/mol. The lowest BCUT2D eigenvalue weighted by Crippen LogP contribution is -2.41. The number of aliphatic hydroxyl groups is 1. The molecule has 2 heterocycles. The van der Waals surface area contributed by atoms with E-state index in [1.54, 1.807) is 12.1 Å². The SMILES string of the molecule is Cc1cccc(N2C[C@@](O)(c3ccc(Cl)c(Cl)c3)[N+]3=C2CCCCC3)c1. The third-order valence-electron chi connectivity index (χ3n) is 5.43. The van der Waals surface area contributed by atoms with Gasteiger partial charge in [0.2, 0.25) is 0 Å². The second-order valence-corrected chi connectivity index (χ2v) is 8.06. The molecule has 0 fully saturated rings. The zero-order valence-electron chi connectivity index (χ0n) is 14.9. The molecule has 0 bridgehead atoms. The summed E-state index contributed by atoms with van der Waals surface area (Å²) in [4.78, 5) is 2.26. The first-order valence-corrected chi connectivity index (χ1v) is 9.90. The second kappa shape index (κ2) is 6.88. The van der Waals surface area contributed by atoms with Crippen LogP contribution in [0.2, 0.25) is 10.0 Å². The molecule has 0 saturated carbocycles. The molecule has 4 rings (SSSR count). The zero-order chi connectivity index (χ0) is 18.3. The lowest BCUT2D eigenvalue weighted by atomic mass is 10.0. The molecule has 0 radical (unpaired) electrons. The van der Waals surface area contributed by atoms with E-state index in [2.05, 4.69) is 40.7 Å². The molecule has 2 aromatic carbocycles. The molecule has 1 atom stereocenters. The maximum absolute atomic E-state index is 11.8. The normalized spacial score (nSPS) is 23.2. The molecule has 0 spiro atoms. The van der Waals surface area contributed by atoms with Crippen molar-refractivity contribution in [3.8, 4) is 0 Å². The second-order valence-electron chi connectivity index (χ2n) is 7.25. The molecule has 0 unspecified atom stereocenters. The smallest absolute Gasteiger partial charge is 0.271 e. The van der Waals surface area contributed by atoms with Gasteiger partial charge in [0.15, 0.2) is 6.54 Å². The van der Waals surface area contributed by atoms with Gasteiger partial charge in [0.25, 0.3) is 11.6 Å². The van der Waals surface area contributed by atoms with Crippen LogP contribution >= 0.6 is 23.2 Å². The lowest BCUT2D eigenvalue weighted by Gasteiger charge is -2.24. The van der Waals surface area contributed by atoms with Gasteiger partial charge in [0.05, 0.1) is 16.6 Å². The quantitative estimate of drug-likeness (QED) is 0.735. The molecular weight excluding hydrogens is 367 g/mol. The summed E-state index contributed by atoms with van der Waals surface area (Å²) in [5.74, 6) is 1.20. The van der Waals surface area contributed by atoms with Crippen LogP contribution in [0.4, 0.5) is 5.69 Å². The van der Waals surface area contributed by atoms with Crippen molar-refractivity contribution < 1.29 is 9.68 Å². The van der Waals surface area contributed by atoms with Crippen LogP contribution in [0.3, 0.4) is 0 Å². The molecule has 2 aromatic rings. The van der Waals surface area contributed by atoms with Crippen molar-refractivity contribution in [3.05, 3.63) is 63.6 Å². The summed E-state index contributed by atoms with van der Waals surface area (Å²) in [5, 5.41) is 12.7. The van der Waals surface area contributed by atoms with E-state index in [1.165, 1.54) is 17.8 Å². The number of hydrogen-bond acceptors (Lipinski definition) is 2. The average Bonchev–Trinajstić information content (AvgIpc) is 2.77. The Hall–Kier alpha value is -1.55. The molecule has 2 aliphatic heterocycles. The first-order chi connectivity index (χ1) is 12.5. The van der Waals surface area contributed by atoms with Gasteiger partial charge in [0.1, 0.15) is 5.69 Å². The first-order valence-electron chi connectivity index (χ1n) is 9.14. The van der Waals surface area contributed by atoms with Crippen LogP contribution in [-0.2, 0) is 5.72 Å². The van der Waals surface area contributed by atoms with Gasteiger partial charge in [0, 0.05) is 12.0 Å². The Morgan fingerprint density at radius 3 is 2.65 bits per heavy atom. The van der Waals surface area contributed by atoms with Gasteiger partial charge in [-0.15, -0.1) is 0 Å². The largest absolute Gasteiger partial charge is 0.346 e. The number of hydrogen-bond donors (Lipinski definition) is 1. The van der Waals surface area contributed by atoms with Crippen LogP contribution in [0.1, 0.15) is 36.8 Å². The van der Waals surface area contributed by atoms with Crippen LogP contribution in [0.25, 0.3) is 0 Å². The van der Waals surface area contributed by atoms with Gasteiger partial charge in [-0.05, 0) is 56.0 Å². The highest BCUT2D eigenvalue weighted by molar-refractivity contribution is 6.42. The van der Waals surface area contributed by atoms with E-state index in [0.717, 1.165) is 37.1 Å². The molecule has 0 saturated heterocycles. The molecule has 3 nitrogen and oxygen atoms in total. The Morgan fingerprint density at radius 2 is 1.88 bits per heavy atom. The number of halogens is 2. The topological polar surface area (TPSA) is 26.5 Å². The van der Waals surface area contributed by atoms with E-state index in [1.807, 2.05) is 6.07 Å². The summed E-state index contributed by atoms with van der Waals surface area (Å²) in [7, 11) is 0. The van der Waals surface area contributed by atoms with Gasteiger partial charge >= 0.3 is 0 Å². The number of nitrogens with zero attached hydrogens (tertiary/aromatic N) is 2. The maximum atomic E-state index is 11.8. The Balaban J connectivity index is 1.83. The molecule has 0 aromatic heterocycles. The minimum absolute atomic E-state index is 0.475. The molecule has 136 valence electrons. The molecule has 5 heteroatoms. The van der Waals surface area contributed by atoms with Crippen molar-refractivity contribution in [2.75, 3.05) is 18.0 Å². The summed E-state index contributed by atoms with van der Waals surface area (Å²) in [6, 6.07) is 13.9. The minimum atomic E-state index is -1.10. The van der Waals surface area contributed by atoms with E-state index in [0.29, 0.717) is 16.6 Å². The van der Waals surface area contributed by atoms with Crippen LogP contribution in [0, 0.1) is 6.92 Å². The van der Waals surface area contributed by atoms with Gasteiger partial charge in [-0.3, -0.25) is 0 Å². The van der Waals surface area contributed by atoms with E-state index >= 15 is 0 Å². The van der Waals surface area contributed by atoms with Crippen molar-refractivity contribution in [1.82, 2.24) is 0 Å².